The van der Waals surface area contributed by atoms with Crippen LogP contribution in [0.15, 0.2) is 312 Å². The van der Waals surface area contributed by atoms with Gasteiger partial charge < -0.3 is 27.9 Å². The number of pyridine rings is 4. The van der Waals surface area contributed by atoms with Gasteiger partial charge in [0.05, 0.1) is 72.4 Å². The minimum atomic E-state index is -1.34. The van der Waals surface area contributed by atoms with Crippen molar-refractivity contribution in [2.75, 3.05) is 0 Å². The fraction of sp³-hybridized carbons (Fsp3) is 0.210. The molecule has 0 fully saturated rings. The van der Waals surface area contributed by atoms with Gasteiger partial charge in [-0.15, -0.1) is 108 Å². The molecule has 0 aliphatic carbocycles. The van der Waals surface area contributed by atoms with Gasteiger partial charge in [0.1, 0.15) is 0 Å². The van der Waals surface area contributed by atoms with E-state index in [0.29, 0.717) is 23.3 Å². The van der Waals surface area contributed by atoms with Gasteiger partial charge >= 0.3 is 0 Å². The summed E-state index contributed by atoms with van der Waals surface area (Å²) in [6.45, 7) is 45.5. The summed E-state index contributed by atoms with van der Waals surface area (Å²) >= 11 is 0. The largest absolute Gasteiger partial charge is 0.486 e. The molecule has 13 aromatic carbocycles. The van der Waals surface area contributed by atoms with Crippen LogP contribution in [0.4, 0.5) is 0 Å². The molecule has 0 saturated carbocycles. The van der Waals surface area contributed by atoms with Crippen molar-refractivity contribution in [3.8, 4) is 101 Å². The second-order valence-corrected chi connectivity index (χ2v) is 50.0. The monoisotopic (exact) mass is 2190 g/mol. The van der Waals surface area contributed by atoms with E-state index in [1.165, 1.54) is 105 Å². The number of hydrogen-bond donors (Lipinski definition) is 0. The maximum absolute atomic E-state index is 6.74. The third kappa shape index (κ3) is 20.2. The van der Waals surface area contributed by atoms with Crippen LogP contribution in [0.5, 0.6) is 0 Å². The van der Waals surface area contributed by atoms with E-state index in [2.05, 4.69) is 429 Å². The fourth-order valence-electron chi connectivity index (χ4n) is 19.6. The van der Waals surface area contributed by atoms with Crippen LogP contribution in [0.25, 0.3) is 178 Å². The Labute approximate surface area is 842 Å². The number of aryl methyl sites for hydroxylation is 6. The normalized spacial score (nSPS) is 11.7. The summed E-state index contributed by atoms with van der Waals surface area (Å²) in [4.78, 5) is 30.0. The molecular weight excluding hydrogens is 2070 g/mol. The molecule has 0 unspecified atom stereocenters. The van der Waals surface area contributed by atoms with Gasteiger partial charge in [0.2, 0.25) is 11.4 Å². The molecule has 696 valence electrons. The zero-order valence-electron chi connectivity index (χ0n) is 82.7. The van der Waals surface area contributed by atoms with Crippen LogP contribution in [-0.4, -0.2) is 55.2 Å². The number of imidazole rings is 2. The van der Waals surface area contributed by atoms with Crippen molar-refractivity contribution in [2.45, 2.75) is 161 Å². The summed E-state index contributed by atoms with van der Waals surface area (Å²) in [6, 6.07) is 115. The zero-order chi connectivity index (χ0) is 95.1. The number of fused-ring (bicyclic) bond motifs is 9. The summed E-state index contributed by atoms with van der Waals surface area (Å²) in [5.74, 6) is 3.44. The summed E-state index contributed by atoms with van der Waals surface area (Å²) in [7, 11) is -2.68. The molecule has 0 aliphatic heterocycles. The number of aromatic nitrogens is 8. The Morgan fingerprint density at radius 3 is 1.17 bits per heavy atom. The van der Waals surface area contributed by atoms with E-state index in [4.69, 9.17) is 28.8 Å². The standard InChI is InChI=1S/C48H40N3O.C40H30N3O.2C18H24NSi.2Ir/c1-28(2)39-26-35(34-22-21-32-15-7-8-16-33(32)25-34)27-40(29(3)4)45(39)51-43-20-10-9-19-41(43)49-47(51)38-18-12-17-36-37-23-24-42(50-48(37)52-46(36)38)44-30(5)13-11-14-31(44)6;1-24-12-10-13-25(2)36(24)34-21-20-31-30-16-11-17-32(38(30)44-40(31)42-34)39-41-33-18-8-9-19-35(33)43(39)37-26(3)22-29(23-27(37)4)28-14-6-5-7-15-28;2*1-14(2)11-16-12-17(15-9-7-6-8-10-15)19-13-18(16)20(3,4)5;;/h7-17,19-29H,1-6H3;5-16,18-23H,1-4H3;2*6-9,12-14H,11H2,1-5H3;;/q4*-1;;. The predicted molar refractivity (Wildman–Crippen MR) is 577 cm³/mol. The molecule has 0 atom stereocenters. The van der Waals surface area contributed by atoms with Gasteiger partial charge in [0, 0.05) is 85.9 Å². The first-order valence-corrected chi connectivity index (χ1v) is 54.8. The molecule has 14 heteroatoms. The number of furan rings is 2. The molecule has 138 heavy (non-hydrogen) atoms. The number of benzene rings is 13. The Hall–Kier alpha value is -13.0. The molecule has 10 nitrogen and oxygen atoms in total. The van der Waals surface area contributed by atoms with Crippen LogP contribution in [0.2, 0.25) is 39.3 Å². The molecule has 0 spiro atoms. The van der Waals surface area contributed by atoms with Crippen molar-refractivity contribution in [3.63, 3.8) is 0 Å². The molecule has 0 amide bonds. The Morgan fingerprint density at radius 1 is 0.326 bits per heavy atom. The van der Waals surface area contributed by atoms with Crippen LogP contribution in [0, 0.1) is 77.6 Å². The molecule has 21 rings (SSSR count). The van der Waals surface area contributed by atoms with Crippen LogP contribution in [0.1, 0.15) is 123 Å². The maximum Gasteiger partial charge on any atom is 0.216 e. The first-order chi connectivity index (χ1) is 65.5. The minimum absolute atomic E-state index is 0. The summed E-state index contributed by atoms with van der Waals surface area (Å²) in [5, 5.41) is 9.44. The molecule has 0 N–H and O–H groups in total. The Bertz CT molecular complexity index is 7830. The van der Waals surface area contributed by atoms with Crippen molar-refractivity contribution >= 4 is 103 Å². The summed E-state index contributed by atoms with van der Waals surface area (Å²) in [6.07, 6.45) is 6.48. The van der Waals surface area contributed by atoms with Crippen molar-refractivity contribution < 1.29 is 49.0 Å². The second-order valence-electron chi connectivity index (χ2n) is 39.9. The van der Waals surface area contributed by atoms with Crippen LogP contribution < -0.4 is 10.4 Å². The van der Waals surface area contributed by atoms with Gasteiger partial charge in [0.25, 0.3) is 0 Å². The Kier molecular flexibility index (Phi) is 29.4. The van der Waals surface area contributed by atoms with Crippen LogP contribution in [0.3, 0.4) is 0 Å². The molecule has 0 saturated heterocycles. The summed E-state index contributed by atoms with van der Waals surface area (Å²) < 4.78 is 18.0. The minimum Gasteiger partial charge on any atom is -0.486 e. The number of nitrogens with zero attached hydrogens (tertiary/aromatic N) is 8. The molecule has 0 bridgehead atoms. The van der Waals surface area contributed by atoms with Gasteiger partial charge in [-0.2, -0.15) is 0 Å². The smallest absolute Gasteiger partial charge is 0.216 e. The van der Waals surface area contributed by atoms with Gasteiger partial charge in [0.15, 0.2) is 0 Å². The van der Waals surface area contributed by atoms with Gasteiger partial charge in [-0.3, -0.25) is 9.97 Å². The quantitative estimate of drug-likeness (QED) is 0.0617. The SMILES string of the molecule is CC(C)Cc1cc(-c2[c-]cccc2)ncc1[Si](C)(C)C.CC(C)Cc1cc(-c2[c-]cccc2)ncc1[Si](C)(C)C.Cc1cccc(C)c1-c1ccc2c(n1)oc1c(-c3nc4ccccc4n3-c3c(C(C)C)cc(-c4ccc5ccccc5c4)cc3C(C)C)[c-]ccc12.Cc1cccc(C)c1-c1ccc2c(n1)oc1c(-c3nc4ccccc4n3-c3c(C)cc(-c4ccccc4)cc3C)[c-]ccc12.[Ir].[Ir]. The van der Waals surface area contributed by atoms with Crippen molar-refractivity contribution in [3.05, 3.63) is 383 Å². The van der Waals surface area contributed by atoms with Crippen molar-refractivity contribution in [1.29, 1.82) is 0 Å². The average Bonchev–Trinajstić information content (AvgIpc) is 1.59. The number of rotatable bonds is 18. The van der Waals surface area contributed by atoms with E-state index in [9.17, 15) is 0 Å². The van der Waals surface area contributed by atoms with E-state index < -0.39 is 16.1 Å². The van der Waals surface area contributed by atoms with Gasteiger partial charge in [-0.25, -0.2) is 9.97 Å². The average molecular weight is 2190 g/mol. The summed E-state index contributed by atoms with van der Waals surface area (Å²) in [5.41, 5.74) is 36.4. The van der Waals surface area contributed by atoms with E-state index in [1.54, 1.807) is 0 Å². The predicted octanol–water partition coefficient (Wildman–Crippen LogP) is 32.1. The van der Waals surface area contributed by atoms with Crippen molar-refractivity contribution in [1.82, 2.24) is 39.0 Å². The van der Waals surface area contributed by atoms with Crippen LogP contribution in [-0.2, 0) is 53.1 Å². The van der Waals surface area contributed by atoms with E-state index in [0.717, 1.165) is 141 Å². The molecule has 2 radical (unpaired) electrons. The van der Waals surface area contributed by atoms with Crippen LogP contribution >= 0.6 is 0 Å². The van der Waals surface area contributed by atoms with E-state index >= 15 is 0 Å². The number of hydrogen-bond acceptors (Lipinski definition) is 8. The molecule has 21 aromatic rings. The van der Waals surface area contributed by atoms with Gasteiger partial charge in [-0.05, 0) is 256 Å². The first-order valence-electron chi connectivity index (χ1n) is 47.8. The molecular formula is C124H118Ir2N8O2Si2-4. The van der Waals surface area contributed by atoms with E-state index in [1.807, 2.05) is 54.6 Å². The second kappa shape index (κ2) is 41.3. The number of para-hydroxylation sites is 4. The van der Waals surface area contributed by atoms with Gasteiger partial charge in [-0.1, -0.05) is 267 Å². The molecule has 0 aliphatic rings. The first kappa shape index (κ1) is 98.1. The molecule has 8 heterocycles. The fourth-order valence-corrected chi connectivity index (χ4v) is 22.7. The third-order valence-electron chi connectivity index (χ3n) is 26.0. The van der Waals surface area contributed by atoms with Crippen molar-refractivity contribution in [2.24, 2.45) is 11.8 Å². The van der Waals surface area contributed by atoms with E-state index in [-0.39, 0.29) is 52.0 Å². The Morgan fingerprint density at radius 2 is 0.739 bits per heavy atom. The topological polar surface area (TPSA) is 113 Å². The maximum atomic E-state index is 6.74. The third-order valence-corrected chi connectivity index (χ3v) is 30.1. The zero-order valence-corrected chi connectivity index (χ0v) is 89.4. The Balaban J connectivity index is 0.000000144. The molecule has 8 aromatic heterocycles.